The van der Waals surface area contributed by atoms with Crippen molar-refractivity contribution in [1.29, 1.82) is 0 Å². The van der Waals surface area contributed by atoms with E-state index >= 15 is 0 Å². The summed E-state index contributed by atoms with van der Waals surface area (Å²) in [4.78, 5) is 5.27. The molecule has 4 heteroatoms. The Morgan fingerprint density at radius 3 is 2.92 bits per heavy atom. The summed E-state index contributed by atoms with van der Waals surface area (Å²) in [6.45, 7) is 5.82. The van der Waals surface area contributed by atoms with Gasteiger partial charge in [-0.1, -0.05) is 0 Å². The maximum absolute atomic E-state index is 5.10. The molecule has 1 N–H and O–H groups in total. The fraction of sp³-hybridized carbons (Fsp3) is 0.667. The molecule has 13 heavy (non-hydrogen) atoms. The largest absolute Gasteiger partial charge is 0.383 e. The summed E-state index contributed by atoms with van der Waals surface area (Å²) in [5.74, 6) is 0. The Labute approximate surface area is 83.1 Å². The van der Waals surface area contributed by atoms with Crippen LogP contribution in [0.1, 0.15) is 18.7 Å². The molecule has 0 radical (unpaired) electrons. The summed E-state index contributed by atoms with van der Waals surface area (Å²) in [5.41, 5.74) is 1.87. The van der Waals surface area contributed by atoms with Gasteiger partial charge in [-0.05, 0) is 13.8 Å². The first-order valence-corrected chi connectivity index (χ1v) is 5.13. The van der Waals surface area contributed by atoms with E-state index in [1.54, 1.807) is 18.4 Å². The second-order valence-electron chi connectivity index (χ2n) is 3.64. The summed E-state index contributed by atoms with van der Waals surface area (Å²) in [6, 6.07) is 0. The van der Waals surface area contributed by atoms with Gasteiger partial charge in [0.2, 0.25) is 0 Å². The van der Waals surface area contributed by atoms with Gasteiger partial charge < -0.3 is 10.1 Å². The molecule has 0 atom stereocenters. The van der Waals surface area contributed by atoms with Gasteiger partial charge in [0, 0.05) is 30.3 Å². The summed E-state index contributed by atoms with van der Waals surface area (Å²) >= 11 is 1.67. The lowest BCUT2D eigenvalue weighted by atomic mass is 10.1. The molecule has 1 heterocycles. The lowest BCUT2D eigenvalue weighted by Crippen LogP contribution is -2.42. The maximum Gasteiger partial charge on any atom is 0.0794 e. The third kappa shape index (κ3) is 3.85. The zero-order valence-corrected chi connectivity index (χ0v) is 9.15. The molecule has 0 aliphatic rings. The van der Waals surface area contributed by atoms with E-state index in [-0.39, 0.29) is 5.54 Å². The fourth-order valence-corrected chi connectivity index (χ4v) is 1.60. The van der Waals surface area contributed by atoms with Crippen LogP contribution in [0, 0.1) is 0 Å². The second kappa shape index (κ2) is 4.69. The molecule has 0 aromatic carbocycles. The van der Waals surface area contributed by atoms with Crippen LogP contribution in [0.15, 0.2) is 11.7 Å². The van der Waals surface area contributed by atoms with Crippen LogP contribution in [-0.2, 0) is 11.3 Å². The third-order valence-electron chi connectivity index (χ3n) is 1.73. The van der Waals surface area contributed by atoms with Gasteiger partial charge in [-0.25, -0.2) is 0 Å². The molecule has 0 aliphatic heterocycles. The molecule has 74 valence electrons. The fourth-order valence-electron chi connectivity index (χ4n) is 1.07. The lowest BCUT2D eigenvalue weighted by molar-refractivity contribution is 0.128. The quantitative estimate of drug-likeness (QED) is 0.785. The average Bonchev–Trinajstić information content (AvgIpc) is 2.52. The molecule has 0 unspecified atom stereocenters. The first kappa shape index (κ1) is 10.6. The van der Waals surface area contributed by atoms with Gasteiger partial charge in [0.1, 0.15) is 0 Å². The first-order chi connectivity index (χ1) is 6.14. The van der Waals surface area contributed by atoms with E-state index < -0.39 is 0 Å². The van der Waals surface area contributed by atoms with Crippen LogP contribution in [-0.4, -0.2) is 24.2 Å². The van der Waals surface area contributed by atoms with Crippen molar-refractivity contribution in [2.24, 2.45) is 0 Å². The molecule has 3 nitrogen and oxygen atoms in total. The zero-order valence-electron chi connectivity index (χ0n) is 8.33. The minimum atomic E-state index is 0.0265. The summed E-state index contributed by atoms with van der Waals surface area (Å²) in [7, 11) is 1.72. The average molecular weight is 200 g/mol. The second-order valence-corrected chi connectivity index (χ2v) is 4.61. The highest BCUT2D eigenvalue weighted by atomic mass is 32.1. The Bertz CT molecular complexity index is 234. The predicted molar refractivity (Wildman–Crippen MR) is 54.9 cm³/mol. The minimum Gasteiger partial charge on any atom is -0.383 e. The van der Waals surface area contributed by atoms with Gasteiger partial charge >= 0.3 is 0 Å². The number of rotatable bonds is 5. The van der Waals surface area contributed by atoms with Gasteiger partial charge in [0.15, 0.2) is 0 Å². The number of hydrogen-bond donors (Lipinski definition) is 1. The number of nitrogens with one attached hydrogen (secondary N) is 1. The van der Waals surface area contributed by atoms with E-state index in [4.69, 9.17) is 4.74 Å². The van der Waals surface area contributed by atoms with Crippen molar-refractivity contribution < 1.29 is 4.74 Å². The Kier molecular flexibility index (Phi) is 3.84. The number of nitrogens with zero attached hydrogens (tertiary/aromatic N) is 1. The smallest absolute Gasteiger partial charge is 0.0794 e. The normalized spacial score (nSPS) is 11.9. The number of hydrogen-bond acceptors (Lipinski definition) is 4. The van der Waals surface area contributed by atoms with Crippen LogP contribution < -0.4 is 5.32 Å². The molecular weight excluding hydrogens is 184 g/mol. The molecule has 0 saturated carbocycles. The molecule has 1 aromatic heterocycles. The minimum absolute atomic E-state index is 0.0265. The van der Waals surface area contributed by atoms with E-state index in [0.29, 0.717) is 6.61 Å². The molecule has 0 bridgehead atoms. The highest BCUT2D eigenvalue weighted by molar-refractivity contribution is 7.09. The van der Waals surface area contributed by atoms with Crippen LogP contribution >= 0.6 is 11.3 Å². The summed E-state index contributed by atoms with van der Waals surface area (Å²) in [6.07, 6.45) is 1.89. The van der Waals surface area contributed by atoms with Gasteiger partial charge in [0.25, 0.3) is 0 Å². The molecule has 0 fully saturated rings. The van der Waals surface area contributed by atoms with Gasteiger partial charge in [-0.3, -0.25) is 4.98 Å². The monoisotopic (exact) mass is 200 g/mol. The van der Waals surface area contributed by atoms with Crippen molar-refractivity contribution >= 4 is 11.3 Å². The molecule has 1 aromatic rings. The highest BCUT2D eigenvalue weighted by Gasteiger charge is 2.16. The van der Waals surface area contributed by atoms with Crippen LogP contribution in [0.2, 0.25) is 0 Å². The lowest BCUT2D eigenvalue weighted by Gasteiger charge is -2.24. The standard InChI is InChI=1S/C9H16N2OS/c1-9(2,6-12-3)11-5-8-4-10-7-13-8/h4,7,11H,5-6H2,1-3H3. The number of thiazole rings is 1. The highest BCUT2D eigenvalue weighted by Crippen LogP contribution is 2.08. The molecule has 0 spiro atoms. The van der Waals surface area contributed by atoms with E-state index in [0.717, 1.165) is 6.54 Å². The third-order valence-corrected chi connectivity index (χ3v) is 2.51. The predicted octanol–water partition coefficient (Wildman–Crippen LogP) is 1.66. The number of ether oxygens (including phenoxy) is 1. The van der Waals surface area contributed by atoms with E-state index in [1.165, 1.54) is 4.88 Å². The SMILES string of the molecule is COCC(C)(C)NCc1cncs1. The van der Waals surface area contributed by atoms with Crippen molar-refractivity contribution in [3.05, 3.63) is 16.6 Å². The van der Waals surface area contributed by atoms with Crippen molar-refractivity contribution in [2.45, 2.75) is 25.9 Å². The number of aromatic nitrogens is 1. The van der Waals surface area contributed by atoms with Crippen LogP contribution in [0.3, 0.4) is 0 Å². The van der Waals surface area contributed by atoms with Crippen LogP contribution in [0.4, 0.5) is 0 Å². The molecule has 1 rings (SSSR count). The van der Waals surface area contributed by atoms with Gasteiger partial charge in [-0.15, -0.1) is 11.3 Å². The summed E-state index contributed by atoms with van der Waals surface area (Å²) < 4.78 is 5.10. The Balaban J connectivity index is 2.33. The van der Waals surface area contributed by atoms with Gasteiger partial charge in [0.05, 0.1) is 12.1 Å². The maximum atomic E-state index is 5.10. The van der Waals surface area contributed by atoms with Crippen molar-refractivity contribution in [1.82, 2.24) is 10.3 Å². The van der Waals surface area contributed by atoms with Crippen LogP contribution in [0.25, 0.3) is 0 Å². The molecule has 0 amide bonds. The topological polar surface area (TPSA) is 34.1 Å². The molecule has 0 saturated heterocycles. The molecule has 0 aliphatic carbocycles. The zero-order chi connectivity index (χ0) is 9.73. The Morgan fingerprint density at radius 2 is 2.38 bits per heavy atom. The van der Waals surface area contributed by atoms with E-state index in [1.807, 2.05) is 11.7 Å². The van der Waals surface area contributed by atoms with E-state index in [2.05, 4.69) is 24.1 Å². The van der Waals surface area contributed by atoms with Crippen molar-refractivity contribution in [3.63, 3.8) is 0 Å². The van der Waals surface area contributed by atoms with Crippen molar-refractivity contribution in [2.75, 3.05) is 13.7 Å². The van der Waals surface area contributed by atoms with Crippen LogP contribution in [0.5, 0.6) is 0 Å². The van der Waals surface area contributed by atoms with Crippen molar-refractivity contribution in [3.8, 4) is 0 Å². The van der Waals surface area contributed by atoms with E-state index in [9.17, 15) is 0 Å². The first-order valence-electron chi connectivity index (χ1n) is 4.25. The van der Waals surface area contributed by atoms with Gasteiger partial charge in [-0.2, -0.15) is 0 Å². The molecular formula is C9H16N2OS. The Morgan fingerprint density at radius 1 is 1.62 bits per heavy atom. The summed E-state index contributed by atoms with van der Waals surface area (Å²) in [5, 5.41) is 3.41. The Hall–Kier alpha value is -0.450. The number of methoxy groups -OCH3 is 1.